The van der Waals surface area contributed by atoms with Gasteiger partial charge in [0, 0.05) is 54.9 Å². The lowest BCUT2D eigenvalue weighted by Crippen LogP contribution is -2.43. The Morgan fingerprint density at radius 1 is 0.262 bits per heavy atom. The molecule has 0 saturated heterocycles. The van der Waals surface area contributed by atoms with Crippen molar-refractivity contribution in [1.82, 2.24) is 9.13 Å². The molecule has 0 unspecified atom stereocenters. The molecule has 0 spiro atoms. The number of benzene rings is 13. The second-order valence-electron chi connectivity index (χ2n) is 21.1. The van der Waals surface area contributed by atoms with Crippen LogP contribution in [0.15, 0.2) is 213 Å². The monoisotopic (exact) mass is 1090 g/mol. The number of hydrogen-bond acceptors (Lipinski definition) is 10. The molecule has 0 atom stereocenters. The van der Waals surface area contributed by atoms with Gasteiger partial charge in [0.2, 0.25) is 0 Å². The van der Waals surface area contributed by atoms with Crippen molar-refractivity contribution in [3.8, 4) is 11.4 Å². The predicted molar refractivity (Wildman–Crippen MR) is 325 cm³/mol. The zero-order valence-electron chi connectivity index (χ0n) is 43.5. The number of aldehydes is 2. The molecule has 2 aliphatic heterocycles. The van der Waals surface area contributed by atoms with Gasteiger partial charge in [-0.1, -0.05) is 97.1 Å². The van der Waals surface area contributed by atoms with E-state index >= 15 is 0 Å². The largest absolute Gasteiger partial charge is 0.298 e. The van der Waals surface area contributed by atoms with E-state index in [1.54, 1.807) is 30.3 Å². The number of nitrogens with zero attached hydrogens (tertiary/aromatic N) is 4. The number of hydrogen-bond donors (Lipinski definition) is 0. The zero-order chi connectivity index (χ0) is 57.1. The van der Waals surface area contributed by atoms with Crippen LogP contribution in [0.25, 0.3) is 108 Å². The van der Waals surface area contributed by atoms with Crippen LogP contribution in [0.4, 0.5) is 11.4 Å². The summed E-state index contributed by atoms with van der Waals surface area (Å²) in [5.41, 5.74) is 1.00. The van der Waals surface area contributed by atoms with Crippen molar-refractivity contribution < 1.29 is 28.8 Å². The van der Waals surface area contributed by atoms with Crippen molar-refractivity contribution >= 4 is 145 Å². The molecule has 14 heteroatoms. The average molecular weight is 1090 g/mol. The number of anilines is 2. The maximum atomic E-state index is 14.3. The highest BCUT2D eigenvalue weighted by Crippen LogP contribution is 2.45. The van der Waals surface area contributed by atoms with Gasteiger partial charge in [0.15, 0.2) is 0 Å². The third-order valence-corrected chi connectivity index (χ3v) is 16.8. The van der Waals surface area contributed by atoms with Gasteiger partial charge in [0.05, 0.1) is 44.3 Å². The first kappa shape index (κ1) is 48.0. The van der Waals surface area contributed by atoms with Crippen molar-refractivity contribution in [1.29, 1.82) is 0 Å². The minimum Gasteiger partial charge on any atom is -0.298 e. The molecule has 4 amide bonds. The Bertz CT molecular complexity index is 5630. The SMILES string of the molecule is O=Cc1ccc(-n2c(=O)c3cc4c(=O)n(-c5ccc6ccc7cccc8ccc5c6c78)c(=O)c4cc3c2=O)cc1.O=Cc1ccc(N2C(=O)c3ccc4c5c(ccc(c35)C2=O)C(=O)N(c2cc3cccc5ccc6cccc2c6c53)C4=O)cc1. The Hall–Kier alpha value is -11.9. The number of aromatic nitrogens is 2. The quantitative estimate of drug-likeness (QED) is 0.0881. The van der Waals surface area contributed by atoms with Gasteiger partial charge in [0.25, 0.3) is 45.9 Å². The van der Waals surface area contributed by atoms with Gasteiger partial charge in [-0.2, -0.15) is 0 Å². The first-order valence-electron chi connectivity index (χ1n) is 26.7. The summed E-state index contributed by atoms with van der Waals surface area (Å²) in [6.07, 6.45) is 1.35. The first-order valence-corrected chi connectivity index (χ1v) is 26.7. The number of rotatable bonds is 6. The van der Waals surface area contributed by atoms with Crippen LogP contribution in [0.2, 0.25) is 0 Å². The van der Waals surface area contributed by atoms with E-state index in [0.717, 1.165) is 78.7 Å². The second-order valence-corrected chi connectivity index (χ2v) is 21.1. The molecule has 0 aliphatic carbocycles. The van der Waals surface area contributed by atoms with Crippen LogP contribution in [0.5, 0.6) is 0 Å². The lowest BCUT2D eigenvalue weighted by Gasteiger charge is -2.32. The molecular formula is C70H34N4O10. The molecule has 2 aromatic heterocycles. The summed E-state index contributed by atoms with van der Waals surface area (Å²) in [5.74, 6) is -2.18. The standard InChI is InChI=1S/C37H18N2O5.C33H16N2O5/c40-18-19-7-11-23(12-8-19)38-34(41)25-13-15-27-33-28(16-14-26(32(25)33)35(38)42)37(44)39(36(27)43)29-17-22-5-1-3-20-9-10-21-4-2-6-24(29)31(21)30(20)22;36-16-17-4-10-21(11-5-17)34-30(37)23-14-25-26(15-24(23)31(34)38)33(40)35(32(25)39)27-13-9-20-7-6-18-2-1-3-19-8-12-22(27)29(20)28(18)19/h1-18H;1-16H. The lowest BCUT2D eigenvalue weighted by atomic mass is 9.85. The van der Waals surface area contributed by atoms with E-state index in [2.05, 4.69) is 12.1 Å². The van der Waals surface area contributed by atoms with Crippen LogP contribution >= 0.6 is 0 Å². The third-order valence-electron chi connectivity index (χ3n) is 16.8. The van der Waals surface area contributed by atoms with Gasteiger partial charge in [-0.15, -0.1) is 0 Å². The van der Waals surface area contributed by atoms with E-state index in [1.807, 2.05) is 91.0 Å². The normalized spacial score (nSPS) is 13.3. The molecule has 2 aliphatic rings. The molecule has 14 nitrogen and oxygen atoms in total. The van der Waals surface area contributed by atoms with E-state index in [1.165, 1.54) is 65.6 Å². The summed E-state index contributed by atoms with van der Waals surface area (Å²) in [5, 5.41) is 12.6. The van der Waals surface area contributed by atoms with Crippen LogP contribution in [-0.2, 0) is 0 Å². The van der Waals surface area contributed by atoms with E-state index in [-0.39, 0.29) is 43.8 Å². The van der Waals surface area contributed by atoms with Crippen molar-refractivity contribution in [2.75, 3.05) is 9.80 Å². The Morgan fingerprint density at radius 2 is 0.631 bits per heavy atom. The Labute approximate surface area is 470 Å². The molecular weight excluding hydrogens is 1060 g/mol. The van der Waals surface area contributed by atoms with E-state index in [9.17, 15) is 47.9 Å². The van der Waals surface area contributed by atoms with Crippen molar-refractivity contribution in [3.63, 3.8) is 0 Å². The van der Waals surface area contributed by atoms with Gasteiger partial charge in [-0.05, 0) is 151 Å². The van der Waals surface area contributed by atoms with Crippen LogP contribution in [-0.4, -0.2) is 45.3 Å². The number of imide groups is 2. The summed E-state index contributed by atoms with van der Waals surface area (Å²) < 4.78 is 2.12. The number of fused-ring (bicyclic) bond motifs is 2. The summed E-state index contributed by atoms with van der Waals surface area (Å²) in [6, 6.07) is 56.6. The first-order chi connectivity index (χ1) is 40.9. The van der Waals surface area contributed by atoms with Gasteiger partial charge < -0.3 is 0 Å². The Balaban J connectivity index is 0.000000138. The maximum Gasteiger partial charge on any atom is 0.266 e. The summed E-state index contributed by atoms with van der Waals surface area (Å²) in [7, 11) is 0. The van der Waals surface area contributed by atoms with Crippen LogP contribution in [0.3, 0.4) is 0 Å². The summed E-state index contributed by atoms with van der Waals surface area (Å²) in [6.45, 7) is 0. The minimum absolute atomic E-state index is 0.0570. The number of carbonyl (C=O) groups is 6. The molecule has 15 aromatic rings. The van der Waals surface area contributed by atoms with Gasteiger partial charge >= 0.3 is 0 Å². The van der Waals surface area contributed by atoms with E-state index in [4.69, 9.17) is 0 Å². The van der Waals surface area contributed by atoms with Gasteiger partial charge in [0.1, 0.15) is 12.6 Å². The third kappa shape index (κ3) is 6.43. The summed E-state index contributed by atoms with van der Waals surface area (Å²) >= 11 is 0. The van der Waals surface area contributed by atoms with Crippen LogP contribution in [0, 0.1) is 0 Å². The molecule has 0 saturated carbocycles. The highest BCUT2D eigenvalue weighted by Gasteiger charge is 2.41. The highest BCUT2D eigenvalue weighted by molar-refractivity contribution is 6.43. The molecule has 13 aromatic carbocycles. The Kier molecular flexibility index (Phi) is 9.90. The summed E-state index contributed by atoms with van der Waals surface area (Å²) in [4.78, 5) is 134. The molecule has 4 heterocycles. The molecule has 84 heavy (non-hydrogen) atoms. The molecule has 17 rings (SSSR count). The van der Waals surface area contributed by atoms with Crippen molar-refractivity contribution in [2.24, 2.45) is 0 Å². The smallest absolute Gasteiger partial charge is 0.266 e. The second kappa shape index (κ2) is 17.3. The molecule has 394 valence electrons. The minimum atomic E-state index is -0.594. The van der Waals surface area contributed by atoms with E-state index < -0.39 is 45.9 Å². The van der Waals surface area contributed by atoms with Crippen molar-refractivity contribution in [2.45, 2.75) is 0 Å². The number of amides is 4. The maximum absolute atomic E-state index is 14.3. The van der Waals surface area contributed by atoms with Crippen LogP contribution in [0.1, 0.15) is 62.1 Å². The van der Waals surface area contributed by atoms with Gasteiger partial charge in [-0.3, -0.25) is 47.9 Å². The average Bonchev–Trinajstić information content (AvgIpc) is 1.03. The fraction of sp³-hybridized carbons (Fsp3) is 0. The molecule has 0 radical (unpaired) electrons. The topological polar surface area (TPSA) is 187 Å². The Morgan fingerprint density at radius 3 is 1.12 bits per heavy atom. The highest BCUT2D eigenvalue weighted by atomic mass is 16.2. The van der Waals surface area contributed by atoms with Crippen LogP contribution < -0.4 is 32.0 Å². The van der Waals surface area contributed by atoms with Crippen molar-refractivity contribution in [3.05, 3.63) is 269 Å². The fourth-order valence-electron chi connectivity index (χ4n) is 13.0. The number of carbonyl (C=O) groups excluding carboxylic acids is 6. The molecule has 0 bridgehead atoms. The predicted octanol–water partition coefficient (Wildman–Crippen LogP) is 11.8. The zero-order valence-corrected chi connectivity index (χ0v) is 43.5. The molecule has 0 fully saturated rings. The van der Waals surface area contributed by atoms with E-state index in [0.29, 0.717) is 57.2 Å². The van der Waals surface area contributed by atoms with Gasteiger partial charge in [-0.25, -0.2) is 18.9 Å². The lowest BCUT2D eigenvalue weighted by molar-refractivity contribution is 0.0873. The fourth-order valence-corrected chi connectivity index (χ4v) is 13.0. The molecule has 0 N–H and O–H groups in total.